The van der Waals surface area contributed by atoms with Gasteiger partial charge in [0.25, 0.3) is 0 Å². The van der Waals surface area contributed by atoms with E-state index in [1.54, 1.807) is 0 Å². The van der Waals surface area contributed by atoms with Gasteiger partial charge in [-0.25, -0.2) is 0 Å². The molecule has 0 aliphatic heterocycles. The van der Waals surface area contributed by atoms with Crippen LogP contribution in [0, 0.1) is 5.92 Å². The number of carbonyl (C=O) groups is 1. The van der Waals surface area contributed by atoms with Gasteiger partial charge < -0.3 is 16.6 Å². The maximum atomic E-state index is 10.4. The van der Waals surface area contributed by atoms with Gasteiger partial charge >= 0.3 is 0 Å². The number of amides is 1. The Morgan fingerprint density at radius 2 is 2.00 bits per heavy atom. The molecule has 4 nitrogen and oxygen atoms in total. The summed E-state index contributed by atoms with van der Waals surface area (Å²) in [4.78, 5) is 10.4. The van der Waals surface area contributed by atoms with E-state index < -0.39 is 6.10 Å². The van der Waals surface area contributed by atoms with Crippen molar-refractivity contribution in [3.05, 3.63) is 0 Å². The second-order valence-electron chi connectivity index (χ2n) is 3.40. The van der Waals surface area contributed by atoms with Gasteiger partial charge in [-0.15, -0.1) is 0 Å². The molecular weight excluding hydrogens is 156 g/mol. The standard InChI is InChI=1S/C8H18N2O2/c1-5(2)8(12)6(9)3-4-7(10)11/h5-6,8,12H,3-4,9H2,1-2H3,(H2,10,11)/t6-,8?/m1/s1. The van der Waals surface area contributed by atoms with Crippen molar-refractivity contribution in [3.63, 3.8) is 0 Å². The molecule has 2 atom stereocenters. The minimum atomic E-state index is -0.552. The lowest BCUT2D eigenvalue weighted by Crippen LogP contribution is -2.38. The molecule has 0 rings (SSSR count). The summed E-state index contributed by atoms with van der Waals surface area (Å²) < 4.78 is 0. The lowest BCUT2D eigenvalue weighted by Gasteiger charge is -2.21. The first-order chi connectivity index (χ1) is 5.45. The molecule has 1 amide bonds. The van der Waals surface area contributed by atoms with E-state index in [1.165, 1.54) is 0 Å². The number of aliphatic hydroxyl groups excluding tert-OH is 1. The Morgan fingerprint density at radius 1 is 1.50 bits per heavy atom. The molecule has 0 aliphatic rings. The van der Waals surface area contributed by atoms with E-state index in [0.29, 0.717) is 6.42 Å². The fourth-order valence-corrected chi connectivity index (χ4v) is 0.974. The topological polar surface area (TPSA) is 89.3 Å². The second kappa shape index (κ2) is 5.11. The van der Waals surface area contributed by atoms with Crippen molar-refractivity contribution in [2.45, 2.75) is 38.8 Å². The lowest BCUT2D eigenvalue weighted by molar-refractivity contribution is -0.118. The van der Waals surface area contributed by atoms with Crippen LogP contribution in [-0.4, -0.2) is 23.2 Å². The number of nitrogens with two attached hydrogens (primary N) is 2. The molecule has 5 N–H and O–H groups in total. The van der Waals surface area contributed by atoms with E-state index in [4.69, 9.17) is 11.5 Å². The number of aliphatic hydroxyl groups is 1. The fraction of sp³-hybridized carbons (Fsp3) is 0.875. The first kappa shape index (κ1) is 11.4. The maximum absolute atomic E-state index is 10.4. The average Bonchev–Trinajstić information content (AvgIpc) is 1.98. The first-order valence-corrected chi connectivity index (χ1v) is 4.17. The van der Waals surface area contributed by atoms with Crippen molar-refractivity contribution in [1.29, 1.82) is 0 Å². The Hall–Kier alpha value is -0.610. The third-order valence-electron chi connectivity index (χ3n) is 1.85. The minimum absolute atomic E-state index is 0.118. The molecule has 0 saturated carbocycles. The molecule has 0 heterocycles. The van der Waals surface area contributed by atoms with Crippen molar-refractivity contribution in [2.75, 3.05) is 0 Å². The summed E-state index contributed by atoms with van der Waals surface area (Å²) in [6.45, 7) is 3.77. The molecule has 0 bridgehead atoms. The van der Waals surface area contributed by atoms with Crippen LogP contribution in [0.3, 0.4) is 0 Å². The molecule has 0 saturated heterocycles. The van der Waals surface area contributed by atoms with Crippen LogP contribution in [0.5, 0.6) is 0 Å². The maximum Gasteiger partial charge on any atom is 0.217 e. The van der Waals surface area contributed by atoms with Gasteiger partial charge in [0, 0.05) is 12.5 Å². The van der Waals surface area contributed by atoms with Crippen LogP contribution in [0.1, 0.15) is 26.7 Å². The van der Waals surface area contributed by atoms with Gasteiger partial charge in [-0.05, 0) is 12.3 Å². The summed E-state index contributed by atoms with van der Waals surface area (Å²) in [5, 5.41) is 9.43. The third-order valence-corrected chi connectivity index (χ3v) is 1.85. The van der Waals surface area contributed by atoms with Crippen LogP contribution in [0.25, 0.3) is 0 Å². The van der Waals surface area contributed by atoms with E-state index in [2.05, 4.69) is 0 Å². The summed E-state index contributed by atoms with van der Waals surface area (Å²) in [6.07, 6.45) is 0.143. The summed E-state index contributed by atoms with van der Waals surface area (Å²) in [6, 6.07) is -0.350. The van der Waals surface area contributed by atoms with Gasteiger partial charge in [0.1, 0.15) is 0 Å². The third kappa shape index (κ3) is 4.31. The van der Waals surface area contributed by atoms with Crippen molar-refractivity contribution < 1.29 is 9.90 Å². The van der Waals surface area contributed by atoms with Crippen LogP contribution < -0.4 is 11.5 Å². The van der Waals surface area contributed by atoms with Gasteiger partial charge in [-0.2, -0.15) is 0 Å². The molecule has 0 aromatic carbocycles. The zero-order valence-electron chi connectivity index (χ0n) is 7.66. The second-order valence-corrected chi connectivity index (χ2v) is 3.40. The van der Waals surface area contributed by atoms with Gasteiger partial charge in [0.05, 0.1) is 6.10 Å². The van der Waals surface area contributed by atoms with Crippen molar-refractivity contribution in [1.82, 2.24) is 0 Å². The Balaban J connectivity index is 3.71. The van der Waals surface area contributed by atoms with Crippen molar-refractivity contribution >= 4 is 5.91 Å². The summed E-state index contributed by atoms with van der Waals surface area (Å²) in [7, 11) is 0. The zero-order chi connectivity index (χ0) is 9.72. The quantitative estimate of drug-likeness (QED) is 0.529. The minimum Gasteiger partial charge on any atom is -0.391 e. The van der Waals surface area contributed by atoms with Crippen LogP contribution in [-0.2, 0) is 4.79 Å². The van der Waals surface area contributed by atoms with Gasteiger partial charge in [0.2, 0.25) is 5.91 Å². The van der Waals surface area contributed by atoms with Gasteiger partial charge in [-0.3, -0.25) is 4.79 Å². The van der Waals surface area contributed by atoms with Gasteiger partial charge in [-0.1, -0.05) is 13.8 Å². The highest BCUT2D eigenvalue weighted by atomic mass is 16.3. The summed E-state index contributed by atoms with van der Waals surface area (Å²) in [5.74, 6) is -0.255. The highest BCUT2D eigenvalue weighted by Gasteiger charge is 2.18. The predicted molar refractivity (Wildman–Crippen MR) is 47.2 cm³/mol. The van der Waals surface area contributed by atoms with Crippen molar-refractivity contribution in [3.8, 4) is 0 Å². The molecule has 12 heavy (non-hydrogen) atoms. The molecule has 72 valence electrons. The normalized spacial score (nSPS) is 16.1. The molecule has 0 spiro atoms. The van der Waals surface area contributed by atoms with Crippen LogP contribution in [0.4, 0.5) is 0 Å². The molecule has 4 heteroatoms. The summed E-state index contributed by atoms with van der Waals surface area (Å²) in [5.41, 5.74) is 10.5. The molecule has 1 unspecified atom stereocenters. The molecule has 0 fully saturated rings. The number of primary amides is 1. The SMILES string of the molecule is CC(C)C(O)[C@H](N)CCC(N)=O. The van der Waals surface area contributed by atoms with E-state index in [9.17, 15) is 9.90 Å². The number of rotatable bonds is 5. The van der Waals surface area contributed by atoms with Crippen LogP contribution in [0.15, 0.2) is 0 Å². The first-order valence-electron chi connectivity index (χ1n) is 4.17. The van der Waals surface area contributed by atoms with Crippen LogP contribution >= 0.6 is 0 Å². The number of carbonyl (C=O) groups excluding carboxylic acids is 1. The molecule has 0 aliphatic carbocycles. The van der Waals surface area contributed by atoms with Gasteiger partial charge in [0.15, 0.2) is 0 Å². The Morgan fingerprint density at radius 3 is 2.33 bits per heavy atom. The van der Waals surface area contributed by atoms with E-state index in [1.807, 2.05) is 13.8 Å². The molecular formula is C8H18N2O2. The Kier molecular flexibility index (Phi) is 4.85. The van der Waals surface area contributed by atoms with Crippen molar-refractivity contribution in [2.24, 2.45) is 17.4 Å². The molecule has 0 aromatic heterocycles. The monoisotopic (exact) mass is 174 g/mol. The average molecular weight is 174 g/mol. The zero-order valence-corrected chi connectivity index (χ0v) is 7.66. The lowest BCUT2D eigenvalue weighted by atomic mass is 9.97. The largest absolute Gasteiger partial charge is 0.391 e. The summed E-state index contributed by atoms with van der Waals surface area (Å²) >= 11 is 0. The molecule has 0 radical (unpaired) electrons. The predicted octanol–water partition coefficient (Wildman–Crippen LogP) is -0.404. The smallest absolute Gasteiger partial charge is 0.217 e. The Labute approximate surface area is 72.9 Å². The van der Waals surface area contributed by atoms with E-state index >= 15 is 0 Å². The number of hydrogen-bond acceptors (Lipinski definition) is 3. The Bertz CT molecular complexity index is 148. The fourth-order valence-electron chi connectivity index (χ4n) is 0.974. The van der Waals surface area contributed by atoms with E-state index in [-0.39, 0.29) is 24.3 Å². The molecule has 0 aromatic rings. The number of hydrogen-bond donors (Lipinski definition) is 3. The highest BCUT2D eigenvalue weighted by Crippen LogP contribution is 2.08. The highest BCUT2D eigenvalue weighted by molar-refractivity contribution is 5.73. The van der Waals surface area contributed by atoms with Crippen LogP contribution in [0.2, 0.25) is 0 Å². The van der Waals surface area contributed by atoms with E-state index in [0.717, 1.165) is 0 Å².